The average Bonchev–Trinajstić information content (AvgIpc) is 3.31. The van der Waals surface area contributed by atoms with Gasteiger partial charge in [0.05, 0.1) is 5.52 Å². The van der Waals surface area contributed by atoms with E-state index >= 15 is 0 Å². The van der Waals surface area contributed by atoms with Gasteiger partial charge in [-0.25, -0.2) is 9.97 Å². The van der Waals surface area contributed by atoms with Crippen LogP contribution in [-0.2, 0) is 27.3 Å². The number of amides is 3. The molecule has 1 aromatic carbocycles. The molecular formula is C34H42N8O3. The van der Waals surface area contributed by atoms with Gasteiger partial charge in [0.15, 0.2) is 5.82 Å². The molecule has 2 fully saturated rings. The second-order valence-electron chi connectivity index (χ2n) is 12.7. The summed E-state index contributed by atoms with van der Waals surface area (Å²) in [7, 11) is 0. The minimum absolute atomic E-state index is 0.214. The molecule has 3 amide bonds. The summed E-state index contributed by atoms with van der Waals surface area (Å²) in [4.78, 5) is 55.2. The van der Waals surface area contributed by atoms with Crippen LogP contribution in [0.5, 0.6) is 0 Å². The third kappa shape index (κ3) is 7.14. The Bertz CT molecular complexity index is 1570. The molecule has 5 heterocycles. The van der Waals surface area contributed by atoms with Gasteiger partial charge in [0, 0.05) is 81.9 Å². The molecule has 0 bridgehead atoms. The minimum Gasteiger partial charge on any atom is -0.368 e. The number of hydrogen-bond donors (Lipinski definition) is 2. The number of pyridine rings is 1. The van der Waals surface area contributed by atoms with Crippen molar-refractivity contribution >= 4 is 40.5 Å². The Morgan fingerprint density at radius 1 is 0.889 bits per heavy atom. The van der Waals surface area contributed by atoms with Crippen molar-refractivity contribution in [1.29, 1.82) is 0 Å². The van der Waals surface area contributed by atoms with Gasteiger partial charge in [-0.3, -0.25) is 24.2 Å². The molecule has 45 heavy (non-hydrogen) atoms. The number of fused-ring (bicyclic) bond motifs is 1. The van der Waals surface area contributed by atoms with E-state index in [0.29, 0.717) is 18.8 Å². The number of nitrogens with zero attached hydrogens (tertiary/aromatic N) is 6. The van der Waals surface area contributed by atoms with Crippen molar-refractivity contribution < 1.29 is 14.4 Å². The van der Waals surface area contributed by atoms with E-state index < -0.39 is 0 Å². The Morgan fingerprint density at radius 3 is 2.36 bits per heavy atom. The number of hydrogen-bond acceptors (Lipinski definition) is 9. The molecule has 0 radical (unpaired) electrons. The van der Waals surface area contributed by atoms with Crippen LogP contribution in [-0.4, -0.2) is 86.6 Å². The predicted octanol–water partition coefficient (Wildman–Crippen LogP) is 3.54. The van der Waals surface area contributed by atoms with Crippen LogP contribution in [0.25, 0.3) is 11.0 Å². The number of benzene rings is 1. The first-order valence-electron chi connectivity index (χ1n) is 16.1. The van der Waals surface area contributed by atoms with Crippen molar-refractivity contribution in [2.75, 3.05) is 50.3 Å². The first-order valence-corrected chi connectivity index (χ1v) is 16.1. The van der Waals surface area contributed by atoms with Crippen LogP contribution in [0.15, 0.2) is 48.6 Å². The van der Waals surface area contributed by atoms with Crippen LogP contribution < -0.4 is 11.1 Å². The van der Waals surface area contributed by atoms with E-state index in [4.69, 9.17) is 10.7 Å². The van der Waals surface area contributed by atoms with Crippen LogP contribution >= 0.6 is 0 Å². The first kappa shape index (κ1) is 30.6. The van der Waals surface area contributed by atoms with Gasteiger partial charge in [0.2, 0.25) is 11.9 Å². The van der Waals surface area contributed by atoms with E-state index in [2.05, 4.69) is 51.4 Å². The van der Waals surface area contributed by atoms with Crippen molar-refractivity contribution in [3.05, 3.63) is 65.4 Å². The van der Waals surface area contributed by atoms with Crippen LogP contribution in [0.1, 0.15) is 62.3 Å². The summed E-state index contributed by atoms with van der Waals surface area (Å²) >= 11 is 0. The highest BCUT2D eigenvalue weighted by Gasteiger charge is 2.52. The normalized spacial score (nSPS) is 17.3. The second kappa shape index (κ2) is 13.3. The molecule has 3 N–H and O–H groups in total. The summed E-state index contributed by atoms with van der Waals surface area (Å²) in [6.07, 6.45) is 8.36. The molecular weight excluding hydrogens is 568 g/mol. The number of carbonyl (C=O) groups excluding carboxylic acids is 3. The van der Waals surface area contributed by atoms with Gasteiger partial charge in [0.25, 0.3) is 11.8 Å². The number of carbonyl (C=O) groups is 3. The van der Waals surface area contributed by atoms with E-state index in [0.717, 1.165) is 94.5 Å². The van der Waals surface area contributed by atoms with Crippen molar-refractivity contribution in [1.82, 2.24) is 29.7 Å². The van der Waals surface area contributed by atoms with Gasteiger partial charge in [-0.05, 0) is 42.5 Å². The Balaban J connectivity index is 0.911. The lowest BCUT2D eigenvalue weighted by molar-refractivity contribution is -0.160. The van der Waals surface area contributed by atoms with Crippen molar-refractivity contribution in [2.24, 2.45) is 5.41 Å². The molecule has 0 saturated carbocycles. The van der Waals surface area contributed by atoms with Crippen LogP contribution in [0.2, 0.25) is 0 Å². The fourth-order valence-corrected chi connectivity index (χ4v) is 6.59. The molecule has 0 atom stereocenters. The summed E-state index contributed by atoms with van der Waals surface area (Å²) in [5.74, 6) is 0.671. The molecule has 2 aromatic heterocycles. The zero-order valence-corrected chi connectivity index (χ0v) is 26.0. The standard InChI is InChI=1S/C34H42N8O3/c1-2-3-16-36-32-31-27(38-33(35)39-32)13-12-26(37-31)18-24-8-10-25(11-9-24)19-40-20-34(21-40)22-41(23-34)28(43)7-5-4-6-17-42-29(44)14-15-30(42)45/h8-15H,2-7,16-23H2,1H3,(H3,35,36,38,39). The zero-order valence-electron chi connectivity index (χ0n) is 26.0. The number of likely N-dealkylation sites (tertiary alicyclic amines) is 2. The molecule has 2 saturated heterocycles. The van der Waals surface area contributed by atoms with Crippen LogP contribution in [0, 0.1) is 5.41 Å². The highest BCUT2D eigenvalue weighted by atomic mass is 16.2. The number of unbranched alkanes of at least 4 members (excludes halogenated alkanes) is 3. The fraction of sp³-hybridized carbons (Fsp3) is 0.471. The number of anilines is 2. The van der Waals surface area contributed by atoms with Gasteiger partial charge in [-0.1, -0.05) is 44.0 Å². The molecule has 3 aliphatic rings. The predicted molar refractivity (Wildman–Crippen MR) is 173 cm³/mol. The molecule has 1 spiro atoms. The van der Waals surface area contributed by atoms with E-state index in [1.165, 1.54) is 28.2 Å². The molecule has 3 aromatic rings. The lowest BCUT2D eigenvalue weighted by atomic mass is 9.72. The maximum Gasteiger partial charge on any atom is 0.253 e. The summed E-state index contributed by atoms with van der Waals surface area (Å²) in [5, 5.41) is 3.36. The molecule has 6 rings (SSSR count). The number of aromatic nitrogens is 3. The Morgan fingerprint density at radius 2 is 1.62 bits per heavy atom. The summed E-state index contributed by atoms with van der Waals surface area (Å²) < 4.78 is 0. The lowest BCUT2D eigenvalue weighted by Crippen LogP contribution is -2.72. The maximum absolute atomic E-state index is 12.6. The van der Waals surface area contributed by atoms with Crippen molar-refractivity contribution in [2.45, 2.75) is 58.4 Å². The van der Waals surface area contributed by atoms with Crippen LogP contribution in [0.3, 0.4) is 0 Å². The first-order chi connectivity index (χ1) is 21.8. The Kier molecular flexibility index (Phi) is 9.07. The minimum atomic E-state index is -0.240. The maximum atomic E-state index is 12.6. The molecule has 3 aliphatic heterocycles. The summed E-state index contributed by atoms with van der Waals surface area (Å²) in [6.45, 7) is 8.04. The number of nitrogens with one attached hydrogen (secondary N) is 1. The fourth-order valence-electron chi connectivity index (χ4n) is 6.59. The van der Waals surface area contributed by atoms with E-state index in [9.17, 15) is 14.4 Å². The number of imide groups is 1. The van der Waals surface area contributed by atoms with Crippen molar-refractivity contribution in [3.8, 4) is 0 Å². The Labute approximate surface area is 263 Å². The van der Waals surface area contributed by atoms with Gasteiger partial charge >= 0.3 is 0 Å². The van der Waals surface area contributed by atoms with Crippen LogP contribution in [0.4, 0.5) is 11.8 Å². The number of nitrogens with two attached hydrogens (primary N) is 1. The second-order valence-corrected chi connectivity index (χ2v) is 12.7. The highest BCUT2D eigenvalue weighted by Crippen LogP contribution is 2.40. The van der Waals surface area contributed by atoms with E-state index in [1.807, 2.05) is 17.0 Å². The monoisotopic (exact) mass is 610 g/mol. The van der Waals surface area contributed by atoms with Gasteiger partial charge < -0.3 is 16.0 Å². The summed E-state index contributed by atoms with van der Waals surface area (Å²) in [6, 6.07) is 12.7. The average molecular weight is 611 g/mol. The third-order valence-corrected chi connectivity index (χ3v) is 8.95. The molecule has 0 unspecified atom stereocenters. The van der Waals surface area contributed by atoms with Gasteiger partial charge in [0.1, 0.15) is 5.52 Å². The zero-order chi connectivity index (χ0) is 31.4. The molecule has 236 valence electrons. The van der Waals surface area contributed by atoms with Crippen molar-refractivity contribution in [3.63, 3.8) is 0 Å². The number of nitrogen functional groups attached to an aromatic ring is 1. The largest absolute Gasteiger partial charge is 0.368 e. The molecule has 11 heteroatoms. The van der Waals surface area contributed by atoms with Gasteiger partial charge in [-0.15, -0.1) is 0 Å². The molecule has 11 nitrogen and oxygen atoms in total. The summed E-state index contributed by atoms with van der Waals surface area (Å²) in [5.41, 5.74) is 11.1. The quantitative estimate of drug-likeness (QED) is 0.207. The van der Waals surface area contributed by atoms with Gasteiger partial charge in [-0.2, -0.15) is 4.98 Å². The van der Waals surface area contributed by atoms with E-state index in [-0.39, 0.29) is 29.1 Å². The molecule has 0 aliphatic carbocycles. The lowest BCUT2D eigenvalue weighted by Gasteiger charge is -2.60. The SMILES string of the molecule is CCCCNc1nc(N)nc2ccc(Cc3ccc(CN4CC5(C4)CN(C(=O)CCCCCN4C(=O)C=CC4=O)C5)cc3)nc12. The Hall–Kier alpha value is -4.38. The van der Waals surface area contributed by atoms with E-state index in [1.54, 1.807) is 0 Å². The number of rotatable bonds is 14. The topological polar surface area (TPSA) is 138 Å². The highest BCUT2D eigenvalue weighted by molar-refractivity contribution is 6.12. The third-order valence-electron chi connectivity index (χ3n) is 8.95. The smallest absolute Gasteiger partial charge is 0.253 e.